The van der Waals surface area contributed by atoms with Gasteiger partial charge in [0, 0.05) is 5.56 Å². The molecule has 0 bridgehead atoms. The second kappa shape index (κ2) is 4.03. The Morgan fingerprint density at radius 2 is 2.29 bits per heavy atom. The minimum Gasteiger partial charge on any atom is -0.429 e. The number of carbonyl (C=O) groups excluding carboxylic acids is 1. The summed E-state index contributed by atoms with van der Waals surface area (Å²) in [5.41, 5.74) is 2.83. The van der Waals surface area contributed by atoms with Crippen LogP contribution < -0.4 is 4.74 Å². The Labute approximate surface area is 101 Å². The molecule has 17 heavy (non-hydrogen) atoms. The van der Waals surface area contributed by atoms with Crippen LogP contribution in [-0.4, -0.2) is 16.7 Å². The summed E-state index contributed by atoms with van der Waals surface area (Å²) in [7, 11) is 0. The largest absolute Gasteiger partial charge is 0.429 e. The fourth-order valence-electron chi connectivity index (χ4n) is 1.72. The molecule has 3 rings (SSSR count). The molecule has 4 nitrogen and oxygen atoms in total. The lowest BCUT2D eigenvalue weighted by atomic mass is 10.1. The molecule has 0 fully saturated rings. The van der Waals surface area contributed by atoms with Crippen LogP contribution in [0.3, 0.4) is 0 Å². The highest BCUT2D eigenvalue weighted by Gasteiger charge is 2.09. The maximum Gasteiger partial charge on any atom is 0.298 e. The van der Waals surface area contributed by atoms with Gasteiger partial charge in [0.1, 0.15) is 11.4 Å². The molecular weight excluding hydrogens is 236 g/mol. The lowest BCUT2D eigenvalue weighted by molar-refractivity contribution is -0.120. The summed E-state index contributed by atoms with van der Waals surface area (Å²) in [4.78, 5) is 10.3. The van der Waals surface area contributed by atoms with Gasteiger partial charge in [-0.2, -0.15) is 5.10 Å². The SMILES string of the molecule is O=COc1cccc(-c2n[nH]c3ccsc23)c1. The Morgan fingerprint density at radius 1 is 1.35 bits per heavy atom. The second-order valence-corrected chi connectivity index (χ2v) is 4.39. The van der Waals surface area contributed by atoms with Crippen molar-refractivity contribution in [3.05, 3.63) is 35.7 Å². The molecule has 1 N–H and O–H groups in total. The van der Waals surface area contributed by atoms with Crippen LogP contribution in [0.5, 0.6) is 5.75 Å². The molecule has 2 aromatic heterocycles. The molecule has 3 aromatic rings. The van der Waals surface area contributed by atoms with Gasteiger partial charge in [-0.15, -0.1) is 11.3 Å². The average Bonchev–Trinajstić information content (AvgIpc) is 2.91. The van der Waals surface area contributed by atoms with Crippen molar-refractivity contribution in [1.82, 2.24) is 10.2 Å². The van der Waals surface area contributed by atoms with Gasteiger partial charge in [0.15, 0.2) is 0 Å². The van der Waals surface area contributed by atoms with Gasteiger partial charge in [-0.1, -0.05) is 12.1 Å². The molecule has 5 heteroatoms. The molecule has 0 saturated heterocycles. The number of fused-ring (bicyclic) bond motifs is 1. The van der Waals surface area contributed by atoms with Crippen molar-refractivity contribution in [2.45, 2.75) is 0 Å². The van der Waals surface area contributed by atoms with Crippen LogP contribution in [0.15, 0.2) is 35.7 Å². The first-order valence-corrected chi connectivity index (χ1v) is 5.89. The fraction of sp³-hybridized carbons (Fsp3) is 0. The molecule has 0 aliphatic heterocycles. The van der Waals surface area contributed by atoms with E-state index in [0.717, 1.165) is 21.5 Å². The highest BCUT2D eigenvalue weighted by molar-refractivity contribution is 7.17. The number of nitrogens with zero attached hydrogens (tertiary/aromatic N) is 1. The van der Waals surface area contributed by atoms with E-state index in [9.17, 15) is 4.79 Å². The molecule has 0 spiro atoms. The molecule has 0 saturated carbocycles. The van der Waals surface area contributed by atoms with E-state index in [4.69, 9.17) is 4.74 Å². The smallest absolute Gasteiger partial charge is 0.298 e. The van der Waals surface area contributed by atoms with E-state index in [-0.39, 0.29) is 0 Å². The summed E-state index contributed by atoms with van der Waals surface area (Å²) in [6.07, 6.45) is 0. The third kappa shape index (κ3) is 1.70. The number of carbonyl (C=O) groups is 1. The van der Waals surface area contributed by atoms with E-state index in [1.807, 2.05) is 23.6 Å². The molecular formula is C12H8N2O2S. The minimum absolute atomic E-state index is 0.421. The number of benzene rings is 1. The average molecular weight is 244 g/mol. The standard InChI is InChI=1S/C12H8N2O2S/c15-7-16-9-3-1-2-8(6-9)11-12-10(13-14-11)4-5-17-12/h1-7H,(H,13,14). The van der Waals surface area contributed by atoms with Gasteiger partial charge in [0.2, 0.25) is 0 Å². The number of hydrogen-bond donors (Lipinski definition) is 1. The topological polar surface area (TPSA) is 55.0 Å². The van der Waals surface area contributed by atoms with Crippen LogP contribution in [0.4, 0.5) is 0 Å². The number of nitrogens with one attached hydrogen (secondary N) is 1. The molecule has 2 heterocycles. The van der Waals surface area contributed by atoms with Gasteiger partial charge in [-0.25, -0.2) is 0 Å². The molecule has 0 aliphatic carbocycles. The minimum atomic E-state index is 0.421. The summed E-state index contributed by atoms with van der Waals surface area (Å²) in [5.74, 6) is 0.519. The Kier molecular flexibility index (Phi) is 2.38. The molecule has 0 amide bonds. The second-order valence-electron chi connectivity index (χ2n) is 3.48. The van der Waals surface area contributed by atoms with Crippen molar-refractivity contribution in [3.63, 3.8) is 0 Å². The number of H-pyrrole nitrogens is 1. The Morgan fingerprint density at radius 3 is 3.18 bits per heavy atom. The van der Waals surface area contributed by atoms with Crippen LogP contribution in [0, 0.1) is 0 Å². The third-order valence-electron chi connectivity index (χ3n) is 2.46. The Bertz CT molecular complexity index is 672. The predicted molar refractivity (Wildman–Crippen MR) is 66.1 cm³/mol. The van der Waals surface area contributed by atoms with Gasteiger partial charge >= 0.3 is 0 Å². The normalized spacial score (nSPS) is 10.6. The summed E-state index contributed by atoms with van der Waals surface area (Å²) >= 11 is 1.63. The van der Waals surface area contributed by atoms with Crippen LogP contribution in [0.25, 0.3) is 21.5 Å². The van der Waals surface area contributed by atoms with E-state index < -0.39 is 0 Å². The third-order valence-corrected chi connectivity index (χ3v) is 3.38. The summed E-state index contributed by atoms with van der Waals surface area (Å²) in [6.45, 7) is 0.421. The van der Waals surface area contributed by atoms with E-state index in [2.05, 4.69) is 10.2 Å². The van der Waals surface area contributed by atoms with Crippen LogP contribution in [0.1, 0.15) is 0 Å². The number of aromatic amines is 1. The molecule has 84 valence electrons. The lowest BCUT2D eigenvalue weighted by Crippen LogP contribution is -1.88. The van der Waals surface area contributed by atoms with E-state index in [0.29, 0.717) is 12.2 Å². The maximum atomic E-state index is 10.3. The highest BCUT2D eigenvalue weighted by atomic mass is 32.1. The molecule has 1 aromatic carbocycles. The van der Waals surface area contributed by atoms with Gasteiger partial charge < -0.3 is 4.74 Å². The van der Waals surface area contributed by atoms with Crippen LogP contribution in [0.2, 0.25) is 0 Å². The van der Waals surface area contributed by atoms with Crippen molar-refractivity contribution < 1.29 is 9.53 Å². The summed E-state index contributed by atoms with van der Waals surface area (Å²) < 4.78 is 5.93. The Hall–Kier alpha value is -2.14. The van der Waals surface area contributed by atoms with Crippen LogP contribution >= 0.6 is 11.3 Å². The van der Waals surface area contributed by atoms with Crippen LogP contribution in [-0.2, 0) is 4.79 Å². The number of aromatic nitrogens is 2. The first-order valence-electron chi connectivity index (χ1n) is 5.01. The van der Waals surface area contributed by atoms with Gasteiger partial charge in [0.05, 0.1) is 10.2 Å². The maximum absolute atomic E-state index is 10.3. The van der Waals surface area contributed by atoms with E-state index >= 15 is 0 Å². The van der Waals surface area contributed by atoms with Crippen molar-refractivity contribution in [3.8, 4) is 17.0 Å². The van der Waals surface area contributed by atoms with E-state index in [1.54, 1.807) is 23.5 Å². The van der Waals surface area contributed by atoms with Crippen molar-refractivity contribution in [1.29, 1.82) is 0 Å². The number of ether oxygens (including phenoxy) is 1. The van der Waals surface area contributed by atoms with Gasteiger partial charge in [-0.3, -0.25) is 9.89 Å². The van der Waals surface area contributed by atoms with Crippen molar-refractivity contribution >= 4 is 28.0 Å². The fourth-order valence-corrected chi connectivity index (χ4v) is 2.57. The quantitative estimate of drug-likeness (QED) is 0.721. The first-order chi connectivity index (χ1) is 8.38. The number of rotatable bonds is 3. The van der Waals surface area contributed by atoms with Gasteiger partial charge in [-0.05, 0) is 23.6 Å². The predicted octanol–water partition coefficient (Wildman–Crippen LogP) is 2.83. The molecule has 0 radical (unpaired) electrons. The number of hydrogen-bond acceptors (Lipinski definition) is 4. The zero-order valence-corrected chi connectivity index (χ0v) is 9.53. The lowest BCUT2D eigenvalue weighted by Gasteiger charge is -2.00. The zero-order valence-electron chi connectivity index (χ0n) is 8.71. The molecule has 0 atom stereocenters. The highest BCUT2D eigenvalue weighted by Crippen LogP contribution is 2.31. The monoisotopic (exact) mass is 244 g/mol. The van der Waals surface area contributed by atoms with Crippen molar-refractivity contribution in [2.75, 3.05) is 0 Å². The molecule has 0 aliphatic rings. The van der Waals surface area contributed by atoms with E-state index in [1.165, 1.54) is 0 Å². The van der Waals surface area contributed by atoms with Crippen molar-refractivity contribution in [2.24, 2.45) is 0 Å². The first kappa shape index (κ1) is 10.0. The van der Waals surface area contributed by atoms with Gasteiger partial charge in [0.25, 0.3) is 6.47 Å². The summed E-state index contributed by atoms with van der Waals surface area (Å²) in [6, 6.07) is 9.29. The Balaban J connectivity index is 2.12. The zero-order chi connectivity index (χ0) is 11.7. The molecule has 0 unspecified atom stereocenters. The summed E-state index contributed by atoms with van der Waals surface area (Å²) in [5, 5.41) is 9.25. The number of thiophene rings is 1.